The SMILES string of the molecule is CCCC(CCC)(C(=O)NC(C)(C)CC)C(N)=NO. The number of carbonyl (C=O) groups excluding carboxylic acids is 1. The van der Waals surface area contributed by atoms with Crippen molar-refractivity contribution in [2.24, 2.45) is 16.3 Å². The third-order valence-electron chi connectivity index (χ3n) is 3.72. The van der Waals surface area contributed by atoms with Gasteiger partial charge in [0.05, 0.1) is 0 Å². The minimum Gasteiger partial charge on any atom is -0.409 e. The lowest BCUT2D eigenvalue weighted by Gasteiger charge is -2.35. The molecular weight excluding hydrogens is 242 g/mol. The molecule has 0 unspecified atom stereocenters. The van der Waals surface area contributed by atoms with E-state index in [-0.39, 0.29) is 17.3 Å². The molecule has 0 aliphatic carbocycles. The van der Waals surface area contributed by atoms with E-state index in [2.05, 4.69) is 10.5 Å². The summed E-state index contributed by atoms with van der Waals surface area (Å²) < 4.78 is 0. The molecule has 0 saturated heterocycles. The van der Waals surface area contributed by atoms with E-state index >= 15 is 0 Å². The monoisotopic (exact) mass is 271 g/mol. The van der Waals surface area contributed by atoms with Gasteiger partial charge in [-0.3, -0.25) is 4.79 Å². The smallest absolute Gasteiger partial charge is 0.234 e. The van der Waals surface area contributed by atoms with Crippen molar-refractivity contribution >= 4 is 11.7 Å². The highest BCUT2D eigenvalue weighted by molar-refractivity contribution is 6.06. The zero-order valence-electron chi connectivity index (χ0n) is 12.9. The fourth-order valence-corrected chi connectivity index (χ4v) is 2.19. The van der Waals surface area contributed by atoms with Crippen molar-refractivity contribution in [2.45, 2.75) is 72.3 Å². The Hall–Kier alpha value is -1.26. The summed E-state index contributed by atoms with van der Waals surface area (Å²) in [5.74, 6) is -0.126. The van der Waals surface area contributed by atoms with Gasteiger partial charge in [-0.2, -0.15) is 0 Å². The number of amidine groups is 1. The number of rotatable bonds is 8. The molecule has 0 radical (unpaired) electrons. The molecule has 0 rings (SSSR count). The van der Waals surface area contributed by atoms with E-state index in [4.69, 9.17) is 10.9 Å². The summed E-state index contributed by atoms with van der Waals surface area (Å²) in [5.41, 5.74) is 4.63. The number of carbonyl (C=O) groups is 1. The number of nitrogens with one attached hydrogen (secondary N) is 1. The molecule has 0 aromatic heterocycles. The number of nitrogens with zero attached hydrogens (tertiary/aromatic N) is 1. The Morgan fingerprint density at radius 3 is 2.00 bits per heavy atom. The molecule has 0 saturated carbocycles. The van der Waals surface area contributed by atoms with Gasteiger partial charge >= 0.3 is 0 Å². The van der Waals surface area contributed by atoms with Crippen molar-refractivity contribution in [3.05, 3.63) is 0 Å². The van der Waals surface area contributed by atoms with E-state index in [1.807, 2.05) is 34.6 Å². The third-order valence-corrected chi connectivity index (χ3v) is 3.72. The molecule has 0 spiro atoms. The van der Waals surface area contributed by atoms with Crippen LogP contribution >= 0.6 is 0 Å². The van der Waals surface area contributed by atoms with Gasteiger partial charge in [0.1, 0.15) is 5.41 Å². The Morgan fingerprint density at radius 1 is 1.21 bits per heavy atom. The molecule has 19 heavy (non-hydrogen) atoms. The second kappa shape index (κ2) is 7.36. The van der Waals surface area contributed by atoms with Crippen molar-refractivity contribution in [1.29, 1.82) is 0 Å². The molecule has 0 heterocycles. The second-order valence-corrected chi connectivity index (χ2v) is 5.76. The van der Waals surface area contributed by atoms with Gasteiger partial charge in [-0.05, 0) is 33.1 Å². The highest BCUT2D eigenvalue weighted by Gasteiger charge is 2.42. The average Bonchev–Trinajstić information content (AvgIpc) is 2.36. The summed E-state index contributed by atoms with van der Waals surface area (Å²) in [6.45, 7) is 9.95. The van der Waals surface area contributed by atoms with Crippen LogP contribution in [0.3, 0.4) is 0 Å². The van der Waals surface area contributed by atoms with Crippen molar-refractivity contribution < 1.29 is 10.0 Å². The lowest BCUT2D eigenvalue weighted by atomic mass is 9.76. The van der Waals surface area contributed by atoms with Crippen molar-refractivity contribution in [1.82, 2.24) is 5.32 Å². The van der Waals surface area contributed by atoms with Gasteiger partial charge in [0.15, 0.2) is 5.84 Å². The Kier molecular flexibility index (Phi) is 6.87. The fourth-order valence-electron chi connectivity index (χ4n) is 2.19. The Labute approximate surface area is 116 Å². The molecule has 0 bridgehead atoms. The fraction of sp³-hybridized carbons (Fsp3) is 0.857. The van der Waals surface area contributed by atoms with E-state index in [9.17, 15) is 4.79 Å². The van der Waals surface area contributed by atoms with Gasteiger partial charge in [-0.25, -0.2) is 0 Å². The summed E-state index contributed by atoms with van der Waals surface area (Å²) in [6, 6.07) is 0. The Balaban J connectivity index is 5.38. The topological polar surface area (TPSA) is 87.7 Å². The number of hydrogen-bond acceptors (Lipinski definition) is 3. The predicted molar refractivity (Wildman–Crippen MR) is 78.2 cm³/mol. The first-order valence-corrected chi connectivity index (χ1v) is 7.10. The van der Waals surface area contributed by atoms with Crippen LogP contribution in [-0.4, -0.2) is 22.5 Å². The quantitative estimate of drug-likeness (QED) is 0.274. The van der Waals surface area contributed by atoms with Crippen molar-refractivity contribution in [3.63, 3.8) is 0 Å². The largest absolute Gasteiger partial charge is 0.409 e. The number of nitrogens with two attached hydrogens (primary N) is 1. The van der Waals surface area contributed by atoms with E-state index < -0.39 is 5.41 Å². The number of oxime groups is 1. The molecule has 5 nitrogen and oxygen atoms in total. The van der Waals surface area contributed by atoms with Crippen molar-refractivity contribution in [2.75, 3.05) is 0 Å². The van der Waals surface area contributed by atoms with Crippen LogP contribution < -0.4 is 11.1 Å². The third kappa shape index (κ3) is 4.40. The number of amides is 1. The summed E-state index contributed by atoms with van der Waals surface area (Å²) >= 11 is 0. The number of hydrogen-bond donors (Lipinski definition) is 3. The highest BCUT2D eigenvalue weighted by atomic mass is 16.4. The van der Waals surface area contributed by atoms with Gasteiger partial charge in [0.2, 0.25) is 5.91 Å². The van der Waals surface area contributed by atoms with Crippen LogP contribution in [0.15, 0.2) is 5.16 Å². The van der Waals surface area contributed by atoms with Crippen LogP contribution in [0, 0.1) is 5.41 Å². The molecule has 0 aliphatic rings. The average molecular weight is 271 g/mol. The maximum absolute atomic E-state index is 12.6. The lowest BCUT2D eigenvalue weighted by Crippen LogP contribution is -2.55. The maximum atomic E-state index is 12.6. The highest BCUT2D eigenvalue weighted by Crippen LogP contribution is 2.31. The van der Waals surface area contributed by atoms with Crippen LogP contribution in [0.4, 0.5) is 0 Å². The summed E-state index contributed by atoms with van der Waals surface area (Å²) in [4.78, 5) is 12.6. The van der Waals surface area contributed by atoms with Gasteiger partial charge in [-0.1, -0.05) is 38.8 Å². The molecule has 0 aromatic rings. The second-order valence-electron chi connectivity index (χ2n) is 5.76. The standard InChI is InChI=1S/C14H29N3O2/c1-6-9-14(10-7-2,11(15)17-19)12(18)16-13(4,5)8-3/h19H,6-10H2,1-5H3,(H2,15,17)(H,16,18). The van der Waals surface area contributed by atoms with E-state index in [0.29, 0.717) is 12.8 Å². The summed E-state index contributed by atoms with van der Waals surface area (Å²) in [6.07, 6.45) is 3.60. The molecule has 4 N–H and O–H groups in total. The zero-order chi connectivity index (χ0) is 15.1. The van der Waals surface area contributed by atoms with Gasteiger partial charge in [0, 0.05) is 5.54 Å². The zero-order valence-corrected chi connectivity index (χ0v) is 12.9. The van der Waals surface area contributed by atoms with E-state index in [1.54, 1.807) is 0 Å². The van der Waals surface area contributed by atoms with Crippen molar-refractivity contribution in [3.8, 4) is 0 Å². The first-order chi connectivity index (χ1) is 8.79. The summed E-state index contributed by atoms with van der Waals surface area (Å²) in [7, 11) is 0. The summed E-state index contributed by atoms with van der Waals surface area (Å²) in [5, 5.41) is 15.1. The lowest BCUT2D eigenvalue weighted by molar-refractivity contribution is -0.130. The predicted octanol–water partition coefficient (Wildman–Crippen LogP) is 2.62. The molecule has 0 aliphatic heterocycles. The Morgan fingerprint density at radius 2 is 1.68 bits per heavy atom. The molecule has 0 atom stereocenters. The molecule has 5 heteroatoms. The van der Waals surface area contributed by atoms with Crippen LogP contribution in [0.2, 0.25) is 0 Å². The minimum atomic E-state index is -0.898. The minimum absolute atomic E-state index is 0.0144. The Bertz CT molecular complexity index is 319. The molecular formula is C14H29N3O2. The van der Waals surface area contributed by atoms with Gasteiger partial charge in [-0.15, -0.1) is 0 Å². The van der Waals surface area contributed by atoms with E-state index in [1.165, 1.54) is 0 Å². The van der Waals surface area contributed by atoms with Crippen LogP contribution in [0.1, 0.15) is 66.7 Å². The van der Waals surface area contributed by atoms with E-state index in [0.717, 1.165) is 19.3 Å². The van der Waals surface area contributed by atoms with Gasteiger partial charge < -0.3 is 16.3 Å². The normalized spacial score (nSPS) is 13.4. The molecule has 0 aromatic carbocycles. The molecule has 112 valence electrons. The van der Waals surface area contributed by atoms with Crippen LogP contribution in [0.5, 0.6) is 0 Å². The van der Waals surface area contributed by atoms with Crippen LogP contribution in [0.25, 0.3) is 0 Å². The van der Waals surface area contributed by atoms with Crippen LogP contribution in [-0.2, 0) is 4.79 Å². The molecule has 0 fully saturated rings. The maximum Gasteiger partial charge on any atom is 0.234 e. The van der Waals surface area contributed by atoms with Gasteiger partial charge in [0.25, 0.3) is 0 Å². The first kappa shape index (κ1) is 17.7. The molecule has 1 amide bonds. The first-order valence-electron chi connectivity index (χ1n) is 7.10.